The number of nitriles is 1. The molecule has 0 atom stereocenters. The third kappa shape index (κ3) is 4.68. The van der Waals surface area contributed by atoms with Gasteiger partial charge < -0.3 is 10.6 Å². The van der Waals surface area contributed by atoms with Gasteiger partial charge in [-0.15, -0.1) is 12.4 Å². The topological polar surface area (TPSA) is 53.0 Å². The number of hydrogen-bond acceptors (Lipinski definition) is 4. The van der Waals surface area contributed by atoms with Crippen LogP contribution in [0.2, 0.25) is 0 Å². The first-order valence-electron chi connectivity index (χ1n) is 6.30. The molecule has 2 N–H and O–H groups in total. The number of nitrogen functional groups attached to an aromatic ring is 1. The standard InChI is InChI=1S/C16H17N3S.ClH/c1-19(2)11-13-5-3-4-6-15(13)20-16-8-7-12(10-17)9-14(16)18;/h3-9H,11,18H2,1-2H3;1H. The summed E-state index contributed by atoms with van der Waals surface area (Å²) in [6.07, 6.45) is 0. The van der Waals surface area contributed by atoms with Crippen molar-refractivity contribution in [2.45, 2.75) is 16.3 Å². The largest absolute Gasteiger partial charge is 0.398 e. The summed E-state index contributed by atoms with van der Waals surface area (Å²) in [7, 11) is 4.11. The number of hydrogen-bond donors (Lipinski definition) is 1. The number of anilines is 1. The molecule has 0 aliphatic carbocycles. The van der Waals surface area contributed by atoms with Crippen LogP contribution in [0.25, 0.3) is 0 Å². The maximum atomic E-state index is 8.87. The second-order valence-corrected chi connectivity index (χ2v) is 5.90. The highest BCUT2D eigenvalue weighted by atomic mass is 35.5. The van der Waals surface area contributed by atoms with Crippen molar-refractivity contribution in [2.24, 2.45) is 0 Å². The SMILES string of the molecule is CN(C)Cc1ccccc1Sc1ccc(C#N)cc1N.Cl. The molecule has 0 aromatic heterocycles. The summed E-state index contributed by atoms with van der Waals surface area (Å²) < 4.78 is 0. The molecule has 2 rings (SSSR count). The Kier molecular flexibility index (Phi) is 6.57. The van der Waals surface area contributed by atoms with Crippen LogP contribution < -0.4 is 5.73 Å². The molecule has 110 valence electrons. The summed E-state index contributed by atoms with van der Waals surface area (Å²) in [6, 6.07) is 15.8. The number of halogens is 1. The Bertz CT molecular complexity index is 650. The third-order valence-corrected chi connectivity index (χ3v) is 4.03. The summed E-state index contributed by atoms with van der Waals surface area (Å²) in [4.78, 5) is 4.31. The van der Waals surface area contributed by atoms with E-state index in [1.807, 2.05) is 18.2 Å². The van der Waals surface area contributed by atoms with Crippen LogP contribution in [0.15, 0.2) is 52.3 Å². The molecule has 21 heavy (non-hydrogen) atoms. The Morgan fingerprint density at radius 3 is 2.48 bits per heavy atom. The van der Waals surface area contributed by atoms with Crippen LogP contribution in [0.5, 0.6) is 0 Å². The predicted molar refractivity (Wildman–Crippen MR) is 90.8 cm³/mol. The second-order valence-electron chi connectivity index (χ2n) is 4.81. The molecule has 0 saturated heterocycles. The molecule has 3 nitrogen and oxygen atoms in total. The lowest BCUT2D eigenvalue weighted by molar-refractivity contribution is 0.399. The number of nitrogens with zero attached hydrogens (tertiary/aromatic N) is 2. The molecule has 2 aromatic carbocycles. The van der Waals surface area contributed by atoms with E-state index in [1.54, 1.807) is 23.9 Å². The average molecular weight is 320 g/mol. The van der Waals surface area contributed by atoms with E-state index in [9.17, 15) is 0 Å². The van der Waals surface area contributed by atoms with E-state index in [0.717, 1.165) is 11.4 Å². The molecule has 0 heterocycles. The number of rotatable bonds is 4. The highest BCUT2D eigenvalue weighted by Crippen LogP contribution is 2.34. The Labute approximate surface area is 136 Å². The van der Waals surface area contributed by atoms with Gasteiger partial charge >= 0.3 is 0 Å². The van der Waals surface area contributed by atoms with Crippen LogP contribution in [-0.4, -0.2) is 19.0 Å². The minimum absolute atomic E-state index is 0. The summed E-state index contributed by atoms with van der Waals surface area (Å²) in [5.41, 5.74) is 8.52. The van der Waals surface area contributed by atoms with Gasteiger partial charge in [-0.25, -0.2) is 0 Å². The summed E-state index contributed by atoms with van der Waals surface area (Å²) in [5, 5.41) is 8.87. The zero-order valence-corrected chi connectivity index (χ0v) is 13.7. The summed E-state index contributed by atoms with van der Waals surface area (Å²) >= 11 is 1.64. The monoisotopic (exact) mass is 319 g/mol. The minimum atomic E-state index is 0. The number of benzene rings is 2. The van der Waals surface area contributed by atoms with E-state index >= 15 is 0 Å². The van der Waals surface area contributed by atoms with Gasteiger partial charge in [-0.05, 0) is 43.9 Å². The van der Waals surface area contributed by atoms with Crippen LogP contribution in [0.4, 0.5) is 5.69 Å². The zero-order chi connectivity index (χ0) is 14.5. The van der Waals surface area contributed by atoms with Gasteiger partial charge in [0.1, 0.15) is 0 Å². The fourth-order valence-electron chi connectivity index (χ4n) is 1.90. The van der Waals surface area contributed by atoms with E-state index in [4.69, 9.17) is 11.0 Å². The van der Waals surface area contributed by atoms with Crippen LogP contribution in [0.3, 0.4) is 0 Å². The average Bonchev–Trinajstić information content (AvgIpc) is 2.42. The smallest absolute Gasteiger partial charge is 0.0992 e. The molecule has 0 aliphatic rings. The van der Waals surface area contributed by atoms with Crippen LogP contribution >= 0.6 is 24.2 Å². The lowest BCUT2D eigenvalue weighted by Gasteiger charge is -2.14. The second kappa shape index (κ2) is 7.94. The molecule has 0 bridgehead atoms. The highest BCUT2D eigenvalue weighted by Gasteiger charge is 2.08. The minimum Gasteiger partial charge on any atom is -0.398 e. The number of nitrogens with two attached hydrogens (primary N) is 1. The van der Waals surface area contributed by atoms with Gasteiger partial charge in [0.05, 0.1) is 11.6 Å². The fraction of sp³-hybridized carbons (Fsp3) is 0.188. The molecule has 0 amide bonds. The van der Waals surface area contributed by atoms with E-state index < -0.39 is 0 Å². The molecule has 5 heteroatoms. The van der Waals surface area contributed by atoms with E-state index in [2.05, 4.69) is 37.2 Å². The third-order valence-electron chi connectivity index (χ3n) is 2.82. The lowest BCUT2D eigenvalue weighted by Crippen LogP contribution is -2.11. The van der Waals surface area contributed by atoms with Crippen molar-refractivity contribution in [2.75, 3.05) is 19.8 Å². The quantitative estimate of drug-likeness (QED) is 0.871. The Morgan fingerprint density at radius 2 is 1.86 bits per heavy atom. The van der Waals surface area contributed by atoms with Gasteiger partial charge in [0, 0.05) is 22.0 Å². The van der Waals surface area contributed by atoms with Crippen molar-refractivity contribution in [3.63, 3.8) is 0 Å². The van der Waals surface area contributed by atoms with E-state index in [0.29, 0.717) is 11.3 Å². The van der Waals surface area contributed by atoms with Gasteiger partial charge in [0.2, 0.25) is 0 Å². The first kappa shape index (κ1) is 17.4. The van der Waals surface area contributed by atoms with Gasteiger partial charge in [-0.1, -0.05) is 30.0 Å². The molecule has 0 spiro atoms. The van der Waals surface area contributed by atoms with E-state index in [-0.39, 0.29) is 12.4 Å². The molecule has 0 fully saturated rings. The molecule has 0 aliphatic heterocycles. The van der Waals surface area contributed by atoms with Gasteiger partial charge in [-0.3, -0.25) is 0 Å². The van der Waals surface area contributed by atoms with Gasteiger partial charge in [0.15, 0.2) is 0 Å². The van der Waals surface area contributed by atoms with Crippen molar-refractivity contribution in [3.05, 3.63) is 53.6 Å². The summed E-state index contributed by atoms with van der Waals surface area (Å²) in [5.74, 6) is 0. The lowest BCUT2D eigenvalue weighted by atomic mass is 10.2. The van der Waals surface area contributed by atoms with Crippen molar-refractivity contribution in [3.8, 4) is 6.07 Å². The highest BCUT2D eigenvalue weighted by molar-refractivity contribution is 7.99. The first-order chi connectivity index (χ1) is 9.60. The van der Waals surface area contributed by atoms with Crippen molar-refractivity contribution >= 4 is 29.9 Å². The maximum Gasteiger partial charge on any atom is 0.0992 e. The Hall–Kier alpha value is -1.67. The fourth-order valence-corrected chi connectivity index (χ4v) is 2.86. The van der Waals surface area contributed by atoms with E-state index in [1.165, 1.54) is 10.5 Å². The zero-order valence-electron chi connectivity index (χ0n) is 12.0. The van der Waals surface area contributed by atoms with Crippen LogP contribution in [-0.2, 0) is 6.54 Å². The van der Waals surface area contributed by atoms with Crippen LogP contribution in [0.1, 0.15) is 11.1 Å². The summed E-state index contributed by atoms with van der Waals surface area (Å²) in [6.45, 7) is 0.888. The van der Waals surface area contributed by atoms with Crippen molar-refractivity contribution < 1.29 is 0 Å². The molecule has 0 saturated carbocycles. The maximum absolute atomic E-state index is 8.87. The normalized spacial score (nSPS) is 10.0. The molecule has 2 aromatic rings. The van der Waals surface area contributed by atoms with Crippen LogP contribution in [0, 0.1) is 11.3 Å². The molecular formula is C16H18ClN3S. The van der Waals surface area contributed by atoms with Crippen molar-refractivity contribution in [1.29, 1.82) is 5.26 Å². The molecule has 0 radical (unpaired) electrons. The molecule has 0 unspecified atom stereocenters. The van der Waals surface area contributed by atoms with Crippen molar-refractivity contribution in [1.82, 2.24) is 4.90 Å². The molecular weight excluding hydrogens is 302 g/mol. The Balaban J connectivity index is 0.00000220. The Morgan fingerprint density at radius 1 is 1.14 bits per heavy atom. The van der Waals surface area contributed by atoms with Gasteiger partial charge in [0.25, 0.3) is 0 Å². The first-order valence-corrected chi connectivity index (χ1v) is 7.12. The predicted octanol–water partition coefficient (Wildman–Crippen LogP) is 3.78. The van der Waals surface area contributed by atoms with Gasteiger partial charge in [-0.2, -0.15) is 5.26 Å².